The van der Waals surface area contributed by atoms with Crippen molar-refractivity contribution in [3.63, 3.8) is 0 Å². The lowest BCUT2D eigenvalue weighted by Gasteiger charge is -2.30. The zero-order valence-corrected chi connectivity index (χ0v) is 9.95. The van der Waals surface area contributed by atoms with Crippen molar-refractivity contribution >= 4 is 17.5 Å². The van der Waals surface area contributed by atoms with E-state index in [1.54, 1.807) is 0 Å². The number of carbonyl (C=O) groups is 1. The van der Waals surface area contributed by atoms with Gasteiger partial charge in [0.25, 0.3) is 5.91 Å². The lowest BCUT2D eigenvalue weighted by atomic mass is 10.1. The number of hydrogen-bond donors (Lipinski definition) is 1. The molecule has 1 N–H and O–H groups in total. The van der Waals surface area contributed by atoms with Gasteiger partial charge in [0.2, 0.25) is 0 Å². The highest BCUT2D eigenvalue weighted by atomic mass is 35.5. The van der Waals surface area contributed by atoms with Crippen molar-refractivity contribution in [3.05, 3.63) is 34.6 Å². The minimum atomic E-state index is -0.584. The second-order valence-corrected chi connectivity index (χ2v) is 4.61. The summed E-state index contributed by atoms with van der Waals surface area (Å²) in [6, 6.07) is 3.90. The van der Waals surface area contributed by atoms with Crippen LogP contribution in [0.4, 0.5) is 4.39 Å². The van der Waals surface area contributed by atoms with E-state index in [2.05, 4.69) is 0 Å². The van der Waals surface area contributed by atoms with Crippen LogP contribution in [0, 0.1) is 5.82 Å². The molecule has 1 aromatic carbocycles. The smallest absolute Gasteiger partial charge is 0.256 e. The van der Waals surface area contributed by atoms with Crippen molar-refractivity contribution in [1.29, 1.82) is 0 Å². The van der Waals surface area contributed by atoms with Crippen molar-refractivity contribution < 1.29 is 14.3 Å². The highest BCUT2D eigenvalue weighted by molar-refractivity contribution is 6.31. The maximum atomic E-state index is 13.5. The quantitative estimate of drug-likeness (QED) is 0.837. The highest BCUT2D eigenvalue weighted by Gasteiger charge is 2.24. The second kappa shape index (κ2) is 5.02. The minimum absolute atomic E-state index is 0.0356. The number of halogens is 2. The molecule has 1 aromatic rings. The molecule has 1 saturated heterocycles. The van der Waals surface area contributed by atoms with E-state index >= 15 is 0 Å². The summed E-state index contributed by atoms with van der Waals surface area (Å²) in [4.78, 5) is 13.5. The third-order valence-electron chi connectivity index (χ3n) is 2.84. The number of rotatable bonds is 1. The van der Waals surface area contributed by atoms with E-state index in [9.17, 15) is 14.3 Å². The van der Waals surface area contributed by atoms with Gasteiger partial charge in [-0.2, -0.15) is 0 Å². The molecule has 0 aliphatic carbocycles. The van der Waals surface area contributed by atoms with Gasteiger partial charge in [-0.15, -0.1) is 0 Å². The van der Waals surface area contributed by atoms with Gasteiger partial charge < -0.3 is 10.0 Å². The third-order valence-corrected chi connectivity index (χ3v) is 3.08. The second-order valence-electron chi connectivity index (χ2n) is 4.17. The van der Waals surface area contributed by atoms with Crippen LogP contribution in [0.5, 0.6) is 0 Å². The molecule has 0 radical (unpaired) electrons. The molecule has 3 nitrogen and oxygen atoms in total. The summed E-state index contributed by atoms with van der Waals surface area (Å²) >= 11 is 5.74. The van der Waals surface area contributed by atoms with Crippen molar-refractivity contribution in [2.75, 3.05) is 13.1 Å². The van der Waals surface area contributed by atoms with Crippen LogP contribution in [0.15, 0.2) is 18.2 Å². The maximum absolute atomic E-state index is 13.5. The average Bonchev–Trinajstić information content (AvgIpc) is 2.31. The largest absolute Gasteiger partial charge is 0.391 e. The number of amides is 1. The predicted octanol–water partition coefficient (Wildman–Crippen LogP) is 2.08. The van der Waals surface area contributed by atoms with Gasteiger partial charge in [0.05, 0.1) is 11.7 Å². The molecule has 17 heavy (non-hydrogen) atoms. The fraction of sp³-hybridized carbons (Fsp3) is 0.417. The lowest BCUT2D eigenvalue weighted by Crippen LogP contribution is -2.42. The summed E-state index contributed by atoms with van der Waals surface area (Å²) in [5, 5.41) is 9.81. The highest BCUT2D eigenvalue weighted by Crippen LogP contribution is 2.19. The number of nitrogens with zero attached hydrogens (tertiary/aromatic N) is 1. The lowest BCUT2D eigenvalue weighted by molar-refractivity contribution is 0.0470. The van der Waals surface area contributed by atoms with E-state index in [1.807, 2.05) is 0 Å². The third kappa shape index (κ3) is 2.76. The van der Waals surface area contributed by atoms with E-state index in [0.29, 0.717) is 18.0 Å². The number of carbonyl (C=O) groups excluding carboxylic acids is 1. The Balaban J connectivity index is 2.21. The number of aliphatic hydroxyl groups excluding tert-OH is 1. The van der Waals surface area contributed by atoms with Gasteiger partial charge in [-0.1, -0.05) is 11.6 Å². The van der Waals surface area contributed by atoms with Gasteiger partial charge in [-0.05, 0) is 31.0 Å². The molecule has 0 saturated carbocycles. The van der Waals surface area contributed by atoms with Crippen LogP contribution in [0.25, 0.3) is 0 Å². The summed E-state index contributed by atoms with van der Waals surface area (Å²) in [5.41, 5.74) is -0.0356. The van der Waals surface area contributed by atoms with Crippen LogP contribution in [0.3, 0.4) is 0 Å². The Labute approximate surface area is 104 Å². The Hall–Kier alpha value is -1.13. The number of aliphatic hydroxyl groups is 1. The van der Waals surface area contributed by atoms with Crippen molar-refractivity contribution in [2.45, 2.75) is 18.9 Å². The van der Waals surface area contributed by atoms with Gasteiger partial charge in [-0.25, -0.2) is 4.39 Å². The number of β-amino-alcohol motifs (C(OH)–C–C–N with tert-alkyl or cyclic N) is 1. The van der Waals surface area contributed by atoms with E-state index < -0.39 is 17.8 Å². The van der Waals surface area contributed by atoms with E-state index in [0.717, 1.165) is 6.42 Å². The Bertz CT molecular complexity index is 439. The van der Waals surface area contributed by atoms with Crippen LogP contribution in [0.1, 0.15) is 23.2 Å². The van der Waals surface area contributed by atoms with Crippen LogP contribution >= 0.6 is 11.6 Å². The molecule has 1 fully saturated rings. The fourth-order valence-electron chi connectivity index (χ4n) is 1.97. The fourth-order valence-corrected chi connectivity index (χ4v) is 2.14. The van der Waals surface area contributed by atoms with Crippen molar-refractivity contribution in [2.24, 2.45) is 0 Å². The van der Waals surface area contributed by atoms with Crippen LogP contribution in [0.2, 0.25) is 5.02 Å². The van der Waals surface area contributed by atoms with Crippen LogP contribution < -0.4 is 0 Å². The van der Waals surface area contributed by atoms with Gasteiger partial charge in [0, 0.05) is 18.1 Å². The SMILES string of the molecule is O=C(c1cc(Cl)ccc1F)N1CCCC(O)C1. The molecule has 1 heterocycles. The van der Waals surface area contributed by atoms with Crippen LogP contribution in [-0.2, 0) is 0 Å². The van der Waals surface area contributed by atoms with Gasteiger partial charge >= 0.3 is 0 Å². The first-order valence-corrected chi connectivity index (χ1v) is 5.88. The molecule has 5 heteroatoms. The number of piperidine rings is 1. The molecule has 0 bridgehead atoms. The normalized spacial score (nSPS) is 20.4. The topological polar surface area (TPSA) is 40.5 Å². The van der Waals surface area contributed by atoms with E-state index in [4.69, 9.17) is 11.6 Å². The standard InChI is InChI=1S/C12H13ClFNO2/c13-8-3-4-11(14)10(6-8)12(17)15-5-1-2-9(16)7-15/h3-4,6,9,16H,1-2,5,7H2. The van der Waals surface area contributed by atoms with Crippen molar-refractivity contribution in [3.8, 4) is 0 Å². The number of likely N-dealkylation sites (tertiary alicyclic amines) is 1. The molecule has 1 unspecified atom stereocenters. The average molecular weight is 258 g/mol. The molecule has 0 aromatic heterocycles. The Kier molecular flexibility index (Phi) is 3.64. The van der Waals surface area contributed by atoms with E-state index in [-0.39, 0.29) is 12.1 Å². The first-order valence-electron chi connectivity index (χ1n) is 5.50. The first-order chi connectivity index (χ1) is 8.08. The summed E-state index contributed by atoms with van der Waals surface area (Å²) in [7, 11) is 0. The zero-order chi connectivity index (χ0) is 12.4. The van der Waals surface area contributed by atoms with Gasteiger partial charge in [-0.3, -0.25) is 4.79 Å². The first kappa shape index (κ1) is 12.3. The zero-order valence-electron chi connectivity index (χ0n) is 9.20. The predicted molar refractivity (Wildman–Crippen MR) is 62.6 cm³/mol. The molecule has 2 rings (SSSR count). The van der Waals surface area contributed by atoms with Crippen LogP contribution in [-0.4, -0.2) is 35.1 Å². The Morgan fingerprint density at radius 3 is 3.00 bits per heavy atom. The Morgan fingerprint density at radius 2 is 2.29 bits per heavy atom. The molecular weight excluding hydrogens is 245 g/mol. The monoisotopic (exact) mass is 257 g/mol. The van der Waals surface area contributed by atoms with Gasteiger partial charge in [0.15, 0.2) is 0 Å². The molecule has 1 amide bonds. The molecule has 1 aliphatic rings. The van der Waals surface area contributed by atoms with E-state index in [1.165, 1.54) is 23.1 Å². The summed E-state index contributed by atoms with van der Waals surface area (Å²) in [6.45, 7) is 0.798. The molecular formula is C12H13ClFNO2. The molecule has 92 valence electrons. The summed E-state index contributed by atoms with van der Waals surface area (Å²) < 4.78 is 13.5. The maximum Gasteiger partial charge on any atom is 0.256 e. The number of benzene rings is 1. The van der Waals surface area contributed by atoms with Crippen molar-refractivity contribution in [1.82, 2.24) is 4.90 Å². The summed E-state index contributed by atoms with van der Waals surface area (Å²) in [6.07, 6.45) is 0.895. The molecule has 1 atom stereocenters. The molecule has 0 spiro atoms. The summed E-state index contributed by atoms with van der Waals surface area (Å²) in [5.74, 6) is -0.997. The minimum Gasteiger partial charge on any atom is -0.391 e. The molecule has 1 aliphatic heterocycles. The van der Waals surface area contributed by atoms with Gasteiger partial charge in [0.1, 0.15) is 5.82 Å². The Morgan fingerprint density at radius 1 is 1.53 bits per heavy atom. The number of hydrogen-bond acceptors (Lipinski definition) is 2.